The Bertz CT molecular complexity index is 93.6. The average molecular weight is 159 g/mol. The number of aliphatic hydroxyl groups excluding tert-OH is 1. The van der Waals surface area contributed by atoms with Crippen molar-refractivity contribution in [2.45, 2.75) is 40.3 Å². The molecular weight excluding hydrogens is 138 g/mol. The topological polar surface area (TPSA) is 23.5 Å². The van der Waals surface area contributed by atoms with Crippen LogP contribution in [0.1, 0.15) is 34.1 Å². The zero-order valence-electron chi connectivity index (χ0n) is 8.17. The summed E-state index contributed by atoms with van der Waals surface area (Å²) in [5.74, 6) is 0.335. The van der Waals surface area contributed by atoms with Crippen LogP contribution >= 0.6 is 0 Å². The molecule has 0 aliphatic carbocycles. The highest BCUT2D eigenvalue weighted by Gasteiger charge is 2.15. The maximum atomic E-state index is 9.64. The van der Waals surface area contributed by atoms with Crippen molar-refractivity contribution in [1.82, 2.24) is 4.90 Å². The van der Waals surface area contributed by atoms with Gasteiger partial charge in [-0.3, -0.25) is 4.90 Å². The summed E-state index contributed by atoms with van der Waals surface area (Å²) in [5.41, 5.74) is 0. The Morgan fingerprint density at radius 2 is 1.82 bits per heavy atom. The van der Waals surface area contributed by atoms with E-state index in [2.05, 4.69) is 18.7 Å². The summed E-state index contributed by atoms with van der Waals surface area (Å²) in [6.07, 6.45) is 0.845. The van der Waals surface area contributed by atoms with E-state index < -0.39 is 0 Å². The maximum absolute atomic E-state index is 9.64. The maximum Gasteiger partial charge on any atom is 0.109 e. The van der Waals surface area contributed by atoms with Crippen molar-refractivity contribution in [3.05, 3.63) is 0 Å². The molecule has 0 aromatic heterocycles. The Morgan fingerprint density at radius 1 is 1.27 bits per heavy atom. The minimum absolute atomic E-state index is 0.264. The second kappa shape index (κ2) is 5.56. The smallest absolute Gasteiger partial charge is 0.109 e. The molecule has 0 spiro atoms. The quantitative estimate of drug-likeness (QED) is 0.617. The zero-order chi connectivity index (χ0) is 8.85. The van der Waals surface area contributed by atoms with Gasteiger partial charge >= 0.3 is 0 Å². The van der Waals surface area contributed by atoms with Crippen LogP contribution in [0.15, 0.2) is 0 Å². The summed E-state index contributed by atoms with van der Waals surface area (Å²) in [6.45, 7) is 10.2. The molecule has 2 nitrogen and oxygen atoms in total. The van der Waals surface area contributed by atoms with Gasteiger partial charge in [0.05, 0.1) is 0 Å². The monoisotopic (exact) mass is 159 g/mol. The van der Waals surface area contributed by atoms with Crippen molar-refractivity contribution in [2.24, 2.45) is 5.92 Å². The first-order chi connectivity index (χ1) is 5.13. The van der Waals surface area contributed by atoms with Gasteiger partial charge in [0.15, 0.2) is 0 Å². The lowest BCUT2D eigenvalue weighted by Crippen LogP contribution is -2.39. The molecule has 0 aromatic carbocycles. The first-order valence-electron chi connectivity index (χ1n) is 4.55. The van der Waals surface area contributed by atoms with Crippen LogP contribution in [0.2, 0.25) is 0 Å². The van der Waals surface area contributed by atoms with Crippen molar-refractivity contribution in [3.8, 4) is 0 Å². The lowest BCUT2D eigenvalue weighted by Gasteiger charge is -2.28. The second-order valence-corrected chi connectivity index (χ2v) is 3.29. The summed E-state index contributed by atoms with van der Waals surface area (Å²) in [6, 6.07) is 0. The van der Waals surface area contributed by atoms with Gasteiger partial charge in [0.2, 0.25) is 0 Å². The zero-order valence-corrected chi connectivity index (χ0v) is 8.17. The van der Waals surface area contributed by atoms with E-state index in [0.717, 1.165) is 19.5 Å². The Hall–Kier alpha value is -0.0800. The lowest BCUT2D eigenvalue weighted by atomic mass is 10.1. The minimum atomic E-state index is -0.264. The Labute approximate surface area is 70.2 Å². The van der Waals surface area contributed by atoms with Crippen LogP contribution in [0.3, 0.4) is 0 Å². The van der Waals surface area contributed by atoms with Crippen LogP contribution < -0.4 is 0 Å². The number of rotatable bonds is 5. The standard InChI is InChI=1S/C9H21NO/c1-5-7-10(6-2)9(11)8(3)4/h8-9,11H,5-7H2,1-4H3. The fraction of sp³-hybridized carbons (Fsp3) is 1.00. The molecule has 2 heteroatoms. The van der Waals surface area contributed by atoms with Crippen LogP contribution in [0.5, 0.6) is 0 Å². The number of hydrogen-bond acceptors (Lipinski definition) is 2. The highest BCUT2D eigenvalue weighted by atomic mass is 16.3. The fourth-order valence-corrected chi connectivity index (χ4v) is 1.19. The second-order valence-electron chi connectivity index (χ2n) is 3.29. The molecule has 0 aliphatic rings. The van der Waals surface area contributed by atoms with E-state index in [4.69, 9.17) is 0 Å². The summed E-state index contributed by atoms with van der Waals surface area (Å²) in [5, 5.41) is 9.64. The van der Waals surface area contributed by atoms with Gasteiger partial charge < -0.3 is 5.11 Å². The largest absolute Gasteiger partial charge is 0.378 e. The molecule has 1 N–H and O–H groups in total. The SMILES string of the molecule is CCCN(CC)C(O)C(C)C. The number of hydrogen-bond donors (Lipinski definition) is 1. The summed E-state index contributed by atoms with van der Waals surface area (Å²) in [4.78, 5) is 2.10. The molecule has 0 rings (SSSR count). The molecular formula is C9H21NO. The van der Waals surface area contributed by atoms with E-state index in [1.807, 2.05) is 13.8 Å². The highest BCUT2D eigenvalue weighted by Crippen LogP contribution is 2.07. The van der Waals surface area contributed by atoms with Gasteiger partial charge in [0.25, 0.3) is 0 Å². The molecule has 11 heavy (non-hydrogen) atoms. The number of nitrogens with zero attached hydrogens (tertiary/aromatic N) is 1. The lowest BCUT2D eigenvalue weighted by molar-refractivity contribution is -0.0266. The van der Waals surface area contributed by atoms with Crippen molar-refractivity contribution >= 4 is 0 Å². The average Bonchev–Trinajstić information content (AvgIpc) is 1.98. The fourth-order valence-electron chi connectivity index (χ4n) is 1.19. The van der Waals surface area contributed by atoms with E-state index in [-0.39, 0.29) is 6.23 Å². The van der Waals surface area contributed by atoms with Crippen LogP contribution in [0, 0.1) is 5.92 Å². The molecule has 68 valence electrons. The molecule has 1 unspecified atom stereocenters. The van der Waals surface area contributed by atoms with E-state index in [1.165, 1.54) is 0 Å². The van der Waals surface area contributed by atoms with Crippen LogP contribution in [-0.2, 0) is 0 Å². The van der Waals surface area contributed by atoms with E-state index >= 15 is 0 Å². The van der Waals surface area contributed by atoms with Crippen LogP contribution in [0.4, 0.5) is 0 Å². The van der Waals surface area contributed by atoms with Crippen LogP contribution in [-0.4, -0.2) is 29.3 Å². The van der Waals surface area contributed by atoms with E-state index in [1.54, 1.807) is 0 Å². The minimum Gasteiger partial charge on any atom is -0.378 e. The molecule has 0 aliphatic heterocycles. The summed E-state index contributed by atoms with van der Waals surface area (Å²) < 4.78 is 0. The third-order valence-electron chi connectivity index (χ3n) is 1.89. The van der Waals surface area contributed by atoms with Crippen molar-refractivity contribution in [3.63, 3.8) is 0 Å². The normalized spacial score (nSPS) is 14.5. The van der Waals surface area contributed by atoms with Gasteiger partial charge in [-0.1, -0.05) is 27.7 Å². The molecule has 0 fully saturated rings. The first kappa shape index (κ1) is 10.9. The highest BCUT2D eigenvalue weighted by molar-refractivity contribution is 4.62. The van der Waals surface area contributed by atoms with Crippen molar-refractivity contribution in [1.29, 1.82) is 0 Å². The molecule has 0 amide bonds. The number of aliphatic hydroxyl groups is 1. The molecule has 1 atom stereocenters. The molecule has 0 radical (unpaired) electrons. The van der Waals surface area contributed by atoms with E-state index in [9.17, 15) is 5.11 Å². The predicted molar refractivity (Wildman–Crippen MR) is 48.4 cm³/mol. The predicted octanol–water partition coefficient (Wildman–Crippen LogP) is 1.69. The Kier molecular flexibility index (Phi) is 5.51. The van der Waals surface area contributed by atoms with Gasteiger partial charge in [-0.05, 0) is 18.9 Å². The Morgan fingerprint density at radius 3 is 2.09 bits per heavy atom. The van der Waals surface area contributed by atoms with Gasteiger partial charge in [-0.15, -0.1) is 0 Å². The van der Waals surface area contributed by atoms with Crippen LogP contribution in [0.25, 0.3) is 0 Å². The third kappa shape index (κ3) is 3.73. The van der Waals surface area contributed by atoms with Gasteiger partial charge in [-0.25, -0.2) is 0 Å². The summed E-state index contributed by atoms with van der Waals surface area (Å²) in [7, 11) is 0. The molecule has 0 heterocycles. The van der Waals surface area contributed by atoms with Crippen molar-refractivity contribution in [2.75, 3.05) is 13.1 Å². The molecule has 0 saturated heterocycles. The van der Waals surface area contributed by atoms with Gasteiger partial charge in [0.1, 0.15) is 6.23 Å². The first-order valence-corrected chi connectivity index (χ1v) is 4.55. The summed E-state index contributed by atoms with van der Waals surface area (Å²) >= 11 is 0. The molecule has 0 saturated carbocycles. The van der Waals surface area contributed by atoms with E-state index in [0.29, 0.717) is 5.92 Å². The molecule has 0 aromatic rings. The van der Waals surface area contributed by atoms with Gasteiger partial charge in [0, 0.05) is 6.54 Å². The third-order valence-corrected chi connectivity index (χ3v) is 1.89. The molecule has 0 bridgehead atoms. The Balaban J connectivity index is 3.81. The van der Waals surface area contributed by atoms with Gasteiger partial charge in [-0.2, -0.15) is 0 Å². The van der Waals surface area contributed by atoms with Crippen molar-refractivity contribution < 1.29 is 5.11 Å².